The smallest absolute Gasteiger partial charge is 0.0382 e. The van der Waals surface area contributed by atoms with E-state index >= 15 is 0 Å². The third-order valence-electron chi connectivity index (χ3n) is 4.57. The molecule has 1 aliphatic heterocycles. The summed E-state index contributed by atoms with van der Waals surface area (Å²) in [7, 11) is 4.44. The highest BCUT2D eigenvalue weighted by Crippen LogP contribution is 2.33. The van der Waals surface area contributed by atoms with E-state index in [4.69, 9.17) is 0 Å². The van der Waals surface area contributed by atoms with Crippen molar-refractivity contribution in [2.24, 2.45) is 5.92 Å². The van der Waals surface area contributed by atoms with Crippen LogP contribution >= 0.6 is 0 Å². The van der Waals surface area contributed by atoms with Crippen LogP contribution in [0.2, 0.25) is 0 Å². The molecule has 2 aliphatic rings. The van der Waals surface area contributed by atoms with E-state index in [0.717, 1.165) is 5.92 Å². The third-order valence-corrected chi connectivity index (χ3v) is 4.57. The number of nitrogens with zero attached hydrogens (tertiary/aromatic N) is 1. The molecule has 0 bridgehead atoms. The molecule has 2 unspecified atom stereocenters. The van der Waals surface area contributed by atoms with Gasteiger partial charge < -0.3 is 10.2 Å². The van der Waals surface area contributed by atoms with Crippen LogP contribution in [0.3, 0.4) is 0 Å². The van der Waals surface area contributed by atoms with Crippen LogP contribution in [0.25, 0.3) is 0 Å². The summed E-state index contributed by atoms with van der Waals surface area (Å²) in [5.41, 5.74) is 4.71. The predicted octanol–water partition coefficient (Wildman–Crippen LogP) is 2.39. The fourth-order valence-electron chi connectivity index (χ4n) is 3.71. The zero-order valence-electron chi connectivity index (χ0n) is 11.6. The second kappa shape index (κ2) is 5.02. The molecule has 0 saturated carbocycles. The molecule has 0 amide bonds. The molecule has 2 atom stereocenters. The zero-order chi connectivity index (χ0) is 12.5. The highest BCUT2D eigenvalue weighted by molar-refractivity contribution is 5.36. The molecule has 0 radical (unpaired) electrons. The molecule has 2 nitrogen and oxygen atoms in total. The highest BCUT2D eigenvalue weighted by Gasteiger charge is 2.28. The van der Waals surface area contributed by atoms with Gasteiger partial charge in [0.15, 0.2) is 0 Å². The van der Waals surface area contributed by atoms with Gasteiger partial charge in [-0.3, -0.25) is 0 Å². The monoisotopic (exact) mass is 244 g/mol. The summed E-state index contributed by atoms with van der Waals surface area (Å²) in [6.07, 6.45) is 5.22. The Morgan fingerprint density at radius 3 is 2.78 bits per heavy atom. The van der Waals surface area contributed by atoms with Gasteiger partial charge in [0.2, 0.25) is 0 Å². The quantitative estimate of drug-likeness (QED) is 0.878. The van der Waals surface area contributed by atoms with Gasteiger partial charge in [-0.25, -0.2) is 0 Å². The maximum absolute atomic E-state index is 3.50. The first-order valence-electron chi connectivity index (χ1n) is 7.24. The standard InChI is InChI=1S/C16H24N2/c1-18(2)16(15-8-9-17-11-15)14-7-6-12-4-3-5-13(12)10-14/h6-7,10,15-17H,3-5,8-9,11H2,1-2H3. The van der Waals surface area contributed by atoms with Gasteiger partial charge >= 0.3 is 0 Å². The minimum Gasteiger partial charge on any atom is -0.316 e. The highest BCUT2D eigenvalue weighted by atomic mass is 15.1. The van der Waals surface area contributed by atoms with E-state index in [1.165, 1.54) is 44.3 Å². The molecule has 0 aromatic heterocycles. The van der Waals surface area contributed by atoms with Crippen LogP contribution in [-0.4, -0.2) is 32.1 Å². The van der Waals surface area contributed by atoms with Crippen molar-refractivity contribution in [1.82, 2.24) is 10.2 Å². The predicted molar refractivity (Wildman–Crippen MR) is 75.9 cm³/mol. The van der Waals surface area contributed by atoms with E-state index in [-0.39, 0.29) is 0 Å². The molecule has 98 valence electrons. The molecular formula is C16H24N2. The van der Waals surface area contributed by atoms with E-state index in [0.29, 0.717) is 6.04 Å². The van der Waals surface area contributed by atoms with Crippen molar-refractivity contribution < 1.29 is 0 Å². The van der Waals surface area contributed by atoms with Crippen molar-refractivity contribution in [3.8, 4) is 0 Å². The third kappa shape index (κ3) is 2.19. The molecule has 1 heterocycles. The summed E-state index contributed by atoms with van der Waals surface area (Å²) in [4.78, 5) is 2.40. The molecule has 0 spiro atoms. The van der Waals surface area contributed by atoms with Crippen molar-refractivity contribution in [3.05, 3.63) is 34.9 Å². The van der Waals surface area contributed by atoms with Gasteiger partial charge in [-0.05, 0) is 75.5 Å². The Morgan fingerprint density at radius 1 is 1.22 bits per heavy atom. The Labute approximate surface area is 110 Å². The first-order valence-corrected chi connectivity index (χ1v) is 7.24. The van der Waals surface area contributed by atoms with E-state index in [1.54, 1.807) is 11.1 Å². The molecule has 1 saturated heterocycles. The van der Waals surface area contributed by atoms with Gasteiger partial charge in [-0.2, -0.15) is 0 Å². The summed E-state index contributed by atoms with van der Waals surface area (Å²) >= 11 is 0. The topological polar surface area (TPSA) is 15.3 Å². The Bertz CT molecular complexity index is 419. The van der Waals surface area contributed by atoms with E-state index in [1.807, 2.05) is 0 Å². The Morgan fingerprint density at radius 2 is 2.06 bits per heavy atom. The molecule has 1 aliphatic carbocycles. The number of nitrogens with one attached hydrogen (secondary N) is 1. The molecule has 1 aromatic carbocycles. The minimum atomic E-state index is 0.575. The fourth-order valence-corrected chi connectivity index (χ4v) is 3.71. The first-order chi connectivity index (χ1) is 8.75. The minimum absolute atomic E-state index is 0.575. The number of aryl methyl sites for hydroxylation is 2. The number of fused-ring (bicyclic) bond motifs is 1. The summed E-state index contributed by atoms with van der Waals surface area (Å²) < 4.78 is 0. The lowest BCUT2D eigenvalue weighted by Gasteiger charge is -2.30. The summed E-state index contributed by atoms with van der Waals surface area (Å²) in [5, 5.41) is 3.50. The van der Waals surface area contributed by atoms with E-state index in [9.17, 15) is 0 Å². The lowest BCUT2D eigenvalue weighted by atomic mass is 9.90. The average molecular weight is 244 g/mol. The van der Waals surface area contributed by atoms with Crippen molar-refractivity contribution in [2.45, 2.75) is 31.7 Å². The maximum atomic E-state index is 3.50. The van der Waals surface area contributed by atoms with E-state index in [2.05, 4.69) is 42.5 Å². The van der Waals surface area contributed by atoms with Crippen LogP contribution in [0, 0.1) is 5.92 Å². The van der Waals surface area contributed by atoms with Crippen molar-refractivity contribution in [1.29, 1.82) is 0 Å². The fraction of sp³-hybridized carbons (Fsp3) is 0.625. The van der Waals surface area contributed by atoms with Gasteiger partial charge in [-0.1, -0.05) is 18.2 Å². The molecule has 3 rings (SSSR count). The van der Waals surface area contributed by atoms with Gasteiger partial charge in [0, 0.05) is 6.04 Å². The molecular weight excluding hydrogens is 220 g/mol. The van der Waals surface area contributed by atoms with Crippen LogP contribution in [0.1, 0.15) is 35.6 Å². The van der Waals surface area contributed by atoms with Gasteiger partial charge in [-0.15, -0.1) is 0 Å². The number of hydrogen-bond acceptors (Lipinski definition) is 2. The zero-order valence-corrected chi connectivity index (χ0v) is 11.6. The second-order valence-electron chi connectivity index (χ2n) is 6.04. The normalized spacial score (nSPS) is 24.5. The van der Waals surface area contributed by atoms with Crippen LogP contribution in [-0.2, 0) is 12.8 Å². The Hall–Kier alpha value is -0.860. The average Bonchev–Trinajstić information content (AvgIpc) is 2.98. The Balaban J connectivity index is 1.89. The van der Waals surface area contributed by atoms with Gasteiger partial charge in [0.05, 0.1) is 0 Å². The number of rotatable bonds is 3. The summed E-state index contributed by atoms with van der Waals surface area (Å²) in [5.74, 6) is 0.763. The SMILES string of the molecule is CN(C)C(c1ccc2c(c1)CCC2)C1CCNC1. The van der Waals surface area contributed by atoms with Gasteiger partial charge in [0.25, 0.3) is 0 Å². The largest absolute Gasteiger partial charge is 0.316 e. The van der Waals surface area contributed by atoms with Crippen molar-refractivity contribution >= 4 is 0 Å². The van der Waals surface area contributed by atoms with Crippen LogP contribution in [0.4, 0.5) is 0 Å². The first kappa shape index (κ1) is 12.2. The summed E-state index contributed by atoms with van der Waals surface area (Å²) in [6, 6.07) is 7.79. The lowest BCUT2D eigenvalue weighted by Crippen LogP contribution is -2.29. The van der Waals surface area contributed by atoms with Crippen molar-refractivity contribution in [3.63, 3.8) is 0 Å². The number of hydrogen-bond donors (Lipinski definition) is 1. The van der Waals surface area contributed by atoms with Crippen LogP contribution in [0.5, 0.6) is 0 Å². The maximum Gasteiger partial charge on any atom is 0.0382 e. The molecule has 18 heavy (non-hydrogen) atoms. The summed E-state index contributed by atoms with van der Waals surface area (Å²) in [6.45, 7) is 2.35. The van der Waals surface area contributed by atoms with Gasteiger partial charge in [0.1, 0.15) is 0 Å². The Kier molecular flexibility index (Phi) is 3.40. The molecule has 2 heteroatoms. The van der Waals surface area contributed by atoms with Crippen molar-refractivity contribution in [2.75, 3.05) is 27.2 Å². The van der Waals surface area contributed by atoms with Crippen LogP contribution < -0.4 is 5.32 Å². The van der Waals surface area contributed by atoms with E-state index < -0.39 is 0 Å². The lowest BCUT2D eigenvalue weighted by molar-refractivity contribution is 0.223. The molecule has 1 N–H and O–H groups in total. The van der Waals surface area contributed by atoms with Crippen LogP contribution in [0.15, 0.2) is 18.2 Å². The number of benzene rings is 1. The second-order valence-corrected chi connectivity index (χ2v) is 6.04. The molecule has 1 aromatic rings. The molecule has 1 fully saturated rings.